The van der Waals surface area contributed by atoms with Gasteiger partial charge in [-0.3, -0.25) is 9.11 Å². The maximum Gasteiger partial charge on any atom is 1.00 e. The van der Waals surface area contributed by atoms with Crippen molar-refractivity contribution in [2.75, 3.05) is 0 Å². The minimum atomic E-state index is -2.61. The van der Waals surface area contributed by atoms with Crippen LogP contribution in [0.2, 0.25) is 0 Å². The molecule has 0 atom stereocenters. The first-order chi connectivity index (χ1) is 4.65. The predicted octanol–water partition coefficient (Wildman–Crippen LogP) is -1.88. The number of rotatable bonds is 1. The zero-order chi connectivity index (χ0) is 8.99. The number of carbonyl (C=O) groups is 1. The van der Waals surface area contributed by atoms with Crippen LogP contribution in [0.15, 0.2) is 0 Å². The largest absolute Gasteiger partial charge is 1.00 e. The van der Waals surface area contributed by atoms with Crippen molar-refractivity contribution < 1.29 is 47.7 Å². The second kappa shape index (κ2) is 30.9. The minimum absolute atomic E-state index is 0. The third-order valence-corrected chi connectivity index (χ3v) is 0.408. The first-order valence-corrected chi connectivity index (χ1v) is 3.58. The summed E-state index contributed by atoms with van der Waals surface area (Å²) in [5.41, 5.74) is 0. The zero-order valence-corrected chi connectivity index (χ0v) is 9.93. The summed E-state index contributed by atoms with van der Waals surface area (Å²) in [5.74, 6) is 0. The number of unbranched alkanes of at least 4 members (excludes halogenated alkanes) is 1. The Labute approximate surface area is 92.2 Å². The van der Waals surface area contributed by atoms with Crippen LogP contribution in [0.3, 0.4) is 0 Å². The Morgan fingerprint density at radius 1 is 1.45 bits per heavy atom. The van der Waals surface area contributed by atoms with E-state index in [-0.39, 0.29) is 29.6 Å². The smallest absolute Gasteiger partial charge is 0.332 e. The SMILES string of the molecule is C=O.C[CH-]CC.O=S(O)O.[Na+]. The fourth-order valence-corrected chi connectivity index (χ4v) is 0. The Morgan fingerprint density at radius 2 is 1.55 bits per heavy atom. The topological polar surface area (TPSA) is 74.6 Å². The molecule has 6 heteroatoms. The summed E-state index contributed by atoms with van der Waals surface area (Å²) < 4.78 is 22.8. The van der Waals surface area contributed by atoms with Crippen molar-refractivity contribution in [3.05, 3.63) is 6.42 Å². The fourth-order valence-electron chi connectivity index (χ4n) is 0. The molecule has 0 aromatic carbocycles. The van der Waals surface area contributed by atoms with Gasteiger partial charge in [0, 0.05) is 0 Å². The molecule has 0 saturated carbocycles. The summed E-state index contributed by atoms with van der Waals surface area (Å²) >= 11 is -2.61. The van der Waals surface area contributed by atoms with Crippen LogP contribution < -0.4 is 29.6 Å². The molecule has 0 amide bonds. The molecule has 0 rings (SSSR count). The van der Waals surface area contributed by atoms with Gasteiger partial charge in [0.15, 0.2) is 0 Å². The Bertz CT molecular complexity index is 65.5. The average molecular weight is 192 g/mol. The van der Waals surface area contributed by atoms with Crippen LogP contribution in [0.1, 0.15) is 20.3 Å². The summed E-state index contributed by atoms with van der Waals surface area (Å²) in [6.45, 7) is 6.18. The number of carbonyl (C=O) groups excluding carboxylic acids is 1. The third kappa shape index (κ3) is 271. The molecular formula is C5H13NaO4S. The van der Waals surface area contributed by atoms with Gasteiger partial charge in [0.25, 0.3) is 11.4 Å². The first-order valence-electron chi connectivity index (χ1n) is 2.51. The Morgan fingerprint density at radius 3 is 1.55 bits per heavy atom. The van der Waals surface area contributed by atoms with Crippen LogP contribution in [-0.2, 0) is 16.2 Å². The molecule has 0 spiro atoms. The van der Waals surface area contributed by atoms with Gasteiger partial charge in [0.2, 0.25) is 0 Å². The monoisotopic (exact) mass is 192 g/mol. The molecule has 0 aromatic heterocycles. The molecular weight excluding hydrogens is 179 g/mol. The molecule has 0 saturated heterocycles. The molecule has 11 heavy (non-hydrogen) atoms. The van der Waals surface area contributed by atoms with Crippen LogP contribution in [0.4, 0.5) is 0 Å². The summed E-state index contributed by atoms with van der Waals surface area (Å²) in [6, 6.07) is 0. The molecule has 0 heterocycles. The molecule has 0 bridgehead atoms. The van der Waals surface area contributed by atoms with E-state index in [0.29, 0.717) is 0 Å². The maximum atomic E-state index is 8.67. The quantitative estimate of drug-likeness (QED) is 0.290. The van der Waals surface area contributed by atoms with Gasteiger partial charge in [-0.2, -0.15) is 17.6 Å². The molecule has 0 aliphatic rings. The molecule has 0 fully saturated rings. The molecule has 0 aromatic rings. The molecule has 0 aliphatic carbocycles. The molecule has 64 valence electrons. The first kappa shape index (κ1) is 22.6. The standard InChI is InChI=1S/C4H9.CH2O.Na.H2O3S/c1-3-4-2;1-2;;1-4(2)3/h3H,4H2,1-2H3;1H2;;(H2,1,2,3)/q-1;;+1;. The average Bonchev–Trinajstić information content (AvgIpc) is 1.91. The van der Waals surface area contributed by atoms with E-state index in [0.717, 1.165) is 0 Å². The molecule has 4 nitrogen and oxygen atoms in total. The predicted molar refractivity (Wildman–Crippen MR) is 40.8 cm³/mol. The third-order valence-electron chi connectivity index (χ3n) is 0.408. The van der Waals surface area contributed by atoms with Crippen LogP contribution in [0.25, 0.3) is 0 Å². The minimum Gasteiger partial charge on any atom is -0.332 e. The van der Waals surface area contributed by atoms with Gasteiger partial charge in [-0.05, 0) is 0 Å². The second-order valence-corrected chi connectivity index (χ2v) is 1.51. The Balaban J connectivity index is -0.0000000339. The van der Waals surface area contributed by atoms with E-state index < -0.39 is 11.4 Å². The van der Waals surface area contributed by atoms with Crippen molar-refractivity contribution in [1.82, 2.24) is 0 Å². The normalized spacial score (nSPS) is 6.27. The van der Waals surface area contributed by atoms with Gasteiger partial charge in [0.1, 0.15) is 6.79 Å². The van der Waals surface area contributed by atoms with E-state index in [4.69, 9.17) is 18.1 Å². The van der Waals surface area contributed by atoms with Crippen molar-refractivity contribution in [3.8, 4) is 0 Å². The van der Waals surface area contributed by atoms with Crippen molar-refractivity contribution in [3.63, 3.8) is 0 Å². The molecule has 0 radical (unpaired) electrons. The number of hydrogen-bond acceptors (Lipinski definition) is 2. The maximum absolute atomic E-state index is 8.67. The van der Waals surface area contributed by atoms with E-state index in [9.17, 15) is 0 Å². The van der Waals surface area contributed by atoms with Gasteiger partial charge in [-0.1, -0.05) is 6.92 Å². The van der Waals surface area contributed by atoms with Gasteiger partial charge in [-0.25, -0.2) is 0 Å². The van der Waals surface area contributed by atoms with E-state index in [1.54, 1.807) is 0 Å². The van der Waals surface area contributed by atoms with Crippen LogP contribution >= 0.6 is 0 Å². The van der Waals surface area contributed by atoms with Crippen molar-refractivity contribution in [1.29, 1.82) is 0 Å². The van der Waals surface area contributed by atoms with Crippen molar-refractivity contribution in [2.24, 2.45) is 0 Å². The second-order valence-electron chi connectivity index (χ2n) is 1.05. The Kier molecular flexibility index (Phi) is 63.5. The Hall–Kier alpha value is 0.740. The van der Waals surface area contributed by atoms with Gasteiger partial charge < -0.3 is 11.2 Å². The molecule has 0 unspecified atom stereocenters. The van der Waals surface area contributed by atoms with E-state index in [2.05, 4.69) is 20.3 Å². The van der Waals surface area contributed by atoms with Crippen LogP contribution in [0.5, 0.6) is 0 Å². The van der Waals surface area contributed by atoms with Gasteiger partial charge in [-0.15, -0.1) is 0 Å². The zero-order valence-electron chi connectivity index (χ0n) is 7.11. The van der Waals surface area contributed by atoms with Crippen LogP contribution in [0, 0.1) is 6.42 Å². The summed E-state index contributed by atoms with van der Waals surface area (Å²) in [4.78, 5) is 8.00. The molecule has 0 aliphatic heterocycles. The van der Waals surface area contributed by atoms with E-state index >= 15 is 0 Å². The van der Waals surface area contributed by atoms with E-state index in [1.165, 1.54) is 6.42 Å². The fraction of sp³-hybridized carbons (Fsp3) is 0.600. The van der Waals surface area contributed by atoms with Crippen molar-refractivity contribution >= 4 is 18.2 Å². The summed E-state index contributed by atoms with van der Waals surface area (Å²) in [7, 11) is 0. The van der Waals surface area contributed by atoms with Gasteiger partial charge >= 0.3 is 29.6 Å². The van der Waals surface area contributed by atoms with E-state index in [1.807, 2.05) is 6.79 Å². The number of hydrogen-bond donors (Lipinski definition) is 2. The molecule has 2 N–H and O–H groups in total. The van der Waals surface area contributed by atoms with Crippen molar-refractivity contribution in [2.45, 2.75) is 20.3 Å². The van der Waals surface area contributed by atoms with Gasteiger partial charge in [0.05, 0.1) is 0 Å². The summed E-state index contributed by atoms with van der Waals surface area (Å²) in [5, 5.41) is 0. The van der Waals surface area contributed by atoms with Crippen LogP contribution in [-0.4, -0.2) is 20.1 Å². The summed E-state index contributed by atoms with van der Waals surface area (Å²) in [6.07, 6.45) is 3.32.